The van der Waals surface area contributed by atoms with Gasteiger partial charge in [-0.05, 0) is 37.1 Å². The first-order valence-electron chi connectivity index (χ1n) is 7.59. The van der Waals surface area contributed by atoms with E-state index in [-0.39, 0.29) is 28.9 Å². The van der Waals surface area contributed by atoms with Gasteiger partial charge in [0.15, 0.2) is 0 Å². The Hall–Kier alpha value is -2.90. The predicted octanol–water partition coefficient (Wildman–Crippen LogP) is 3.24. The number of carbonyl (C=O) groups excluding carboxylic acids is 2. The Bertz CT molecular complexity index is 800. The lowest BCUT2D eigenvalue weighted by atomic mass is 10.1. The minimum atomic E-state index is -4.52. The zero-order valence-electron chi connectivity index (χ0n) is 12.9. The molecule has 1 aromatic carbocycles. The predicted molar refractivity (Wildman–Crippen MR) is 84.1 cm³/mol. The van der Waals surface area contributed by atoms with Crippen LogP contribution < -0.4 is 10.6 Å². The molecule has 1 fully saturated rings. The van der Waals surface area contributed by atoms with Crippen molar-refractivity contribution in [1.82, 2.24) is 10.3 Å². The van der Waals surface area contributed by atoms with Gasteiger partial charge < -0.3 is 10.6 Å². The molecule has 2 N–H and O–H groups in total. The molecule has 0 unspecified atom stereocenters. The maximum Gasteiger partial charge on any atom is 0.417 e. The Morgan fingerprint density at radius 2 is 1.76 bits per heavy atom. The summed E-state index contributed by atoms with van der Waals surface area (Å²) in [5, 5.41) is 5.33. The number of para-hydroxylation sites is 1. The molecule has 0 radical (unpaired) electrons. The van der Waals surface area contributed by atoms with E-state index < -0.39 is 17.6 Å². The van der Waals surface area contributed by atoms with E-state index in [9.17, 15) is 22.8 Å². The highest BCUT2D eigenvalue weighted by molar-refractivity contribution is 6.08. The number of anilines is 1. The van der Waals surface area contributed by atoms with Crippen LogP contribution in [0.4, 0.5) is 18.9 Å². The summed E-state index contributed by atoms with van der Waals surface area (Å²) in [7, 11) is 0. The summed E-state index contributed by atoms with van der Waals surface area (Å²) in [6, 6.07) is 8.35. The standard InChI is InChI=1S/C17H14F3N3O2/c18-17(19,20)10-5-8-14(21-9-10)16(25)23-13-4-2-1-3-12(13)15(24)22-11-6-7-11/h1-5,8-9,11H,6-7H2,(H,22,24)(H,23,25). The van der Waals surface area contributed by atoms with Crippen LogP contribution in [-0.4, -0.2) is 22.8 Å². The van der Waals surface area contributed by atoms with Gasteiger partial charge in [-0.2, -0.15) is 13.2 Å². The minimum Gasteiger partial charge on any atom is -0.349 e. The summed E-state index contributed by atoms with van der Waals surface area (Å²) >= 11 is 0. The van der Waals surface area contributed by atoms with Crippen LogP contribution in [0.5, 0.6) is 0 Å². The quantitative estimate of drug-likeness (QED) is 0.890. The molecule has 0 bridgehead atoms. The number of aromatic nitrogens is 1. The fourth-order valence-corrected chi connectivity index (χ4v) is 2.16. The number of rotatable bonds is 4. The molecule has 8 heteroatoms. The molecule has 1 heterocycles. The maximum absolute atomic E-state index is 12.5. The molecule has 2 amide bonds. The molecule has 1 aromatic heterocycles. The Labute approximate surface area is 141 Å². The molecule has 2 aromatic rings. The van der Waals surface area contributed by atoms with Crippen LogP contribution in [0.3, 0.4) is 0 Å². The number of amides is 2. The van der Waals surface area contributed by atoms with E-state index in [0.717, 1.165) is 25.0 Å². The van der Waals surface area contributed by atoms with Gasteiger partial charge in [-0.3, -0.25) is 14.6 Å². The van der Waals surface area contributed by atoms with Crippen LogP contribution >= 0.6 is 0 Å². The van der Waals surface area contributed by atoms with Crippen molar-refractivity contribution in [3.8, 4) is 0 Å². The molecule has 0 atom stereocenters. The molecule has 0 aliphatic heterocycles. The highest BCUT2D eigenvalue weighted by Crippen LogP contribution is 2.28. The lowest BCUT2D eigenvalue weighted by Crippen LogP contribution is -2.27. The lowest BCUT2D eigenvalue weighted by molar-refractivity contribution is -0.137. The van der Waals surface area contributed by atoms with Gasteiger partial charge in [0.1, 0.15) is 5.69 Å². The van der Waals surface area contributed by atoms with Crippen molar-refractivity contribution in [1.29, 1.82) is 0 Å². The van der Waals surface area contributed by atoms with Crippen LogP contribution in [0.2, 0.25) is 0 Å². The van der Waals surface area contributed by atoms with Crippen molar-refractivity contribution in [3.05, 3.63) is 59.4 Å². The van der Waals surface area contributed by atoms with Crippen LogP contribution in [0.1, 0.15) is 39.3 Å². The number of nitrogens with zero attached hydrogens (tertiary/aromatic N) is 1. The van der Waals surface area contributed by atoms with E-state index in [1.54, 1.807) is 24.3 Å². The summed E-state index contributed by atoms with van der Waals surface area (Å²) < 4.78 is 37.6. The van der Waals surface area contributed by atoms with Gasteiger partial charge in [-0.15, -0.1) is 0 Å². The zero-order chi connectivity index (χ0) is 18.0. The van der Waals surface area contributed by atoms with Gasteiger partial charge in [-0.1, -0.05) is 12.1 Å². The molecular weight excluding hydrogens is 335 g/mol. The van der Waals surface area contributed by atoms with Crippen LogP contribution in [0.25, 0.3) is 0 Å². The molecule has 1 aliphatic rings. The summed E-state index contributed by atoms with van der Waals surface area (Å²) in [6.45, 7) is 0. The second kappa shape index (κ2) is 6.54. The fourth-order valence-electron chi connectivity index (χ4n) is 2.16. The first-order valence-corrected chi connectivity index (χ1v) is 7.59. The highest BCUT2D eigenvalue weighted by Gasteiger charge is 2.31. The van der Waals surface area contributed by atoms with E-state index in [1.807, 2.05) is 0 Å². The average molecular weight is 349 g/mol. The first kappa shape index (κ1) is 16.9. The minimum absolute atomic E-state index is 0.160. The van der Waals surface area contributed by atoms with Crippen molar-refractivity contribution in [2.45, 2.75) is 25.1 Å². The Balaban J connectivity index is 1.75. The number of carbonyl (C=O) groups is 2. The fraction of sp³-hybridized carbons (Fsp3) is 0.235. The van der Waals surface area contributed by atoms with Crippen molar-refractivity contribution in [2.75, 3.05) is 5.32 Å². The topological polar surface area (TPSA) is 71.1 Å². The Morgan fingerprint density at radius 3 is 2.36 bits per heavy atom. The lowest BCUT2D eigenvalue weighted by Gasteiger charge is -2.11. The van der Waals surface area contributed by atoms with Crippen molar-refractivity contribution < 1.29 is 22.8 Å². The highest BCUT2D eigenvalue weighted by atomic mass is 19.4. The number of halogens is 3. The van der Waals surface area contributed by atoms with Gasteiger partial charge in [0, 0.05) is 12.2 Å². The molecule has 130 valence electrons. The summed E-state index contributed by atoms with van der Waals surface area (Å²) in [6.07, 6.45) is -2.07. The SMILES string of the molecule is O=C(Nc1ccccc1C(=O)NC1CC1)c1ccc(C(F)(F)F)cn1. The summed E-state index contributed by atoms with van der Waals surface area (Å²) in [4.78, 5) is 27.9. The van der Waals surface area contributed by atoms with Crippen molar-refractivity contribution in [3.63, 3.8) is 0 Å². The van der Waals surface area contributed by atoms with E-state index in [1.165, 1.54) is 0 Å². The summed E-state index contributed by atoms with van der Waals surface area (Å²) in [5.74, 6) is -1.00. The average Bonchev–Trinajstić information content (AvgIpc) is 3.38. The number of alkyl halides is 3. The Kier molecular flexibility index (Phi) is 4.43. The third kappa shape index (κ3) is 4.14. The van der Waals surface area contributed by atoms with Crippen molar-refractivity contribution in [2.24, 2.45) is 0 Å². The molecule has 1 saturated carbocycles. The third-order valence-corrected chi connectivity index (χ3v) is 3.66. The van der Waals surface area contributed by atoms with Crippen molar-refractivity contribution >= 4 is 17.5 Å². The van der Waals surface area contributed by atoms with Crippen LogP contribution in [-0.2, 0) is 6.18 Å². The van der Waals surface area contributed by atoms with E-state index in [0.29, 0.717) is 6.20 Å². The van der Waals surface area contributed by atoms with E-state index >= 15 is 0 Å². The molecule has 25 heavy (non-hydrogen) atoms. The number of hydrogen-bond acceptors (Lipinski definition) is 3. The largest absolute Gasteiger partial charge is 0.417 e. The second-order valence-electron chi connectivity index (χ2n) is 5.68. The molecule has 5 nitrogen and oxygen atoms in total. The third-order valence-electron chi connectivity index (χ3n) is 3.66. The van der Waals surface area contributed by atoms with E-state index in [4.69, 9.17) is 0 Å². The van der Waals surface area contributed by atoms with Gasteiger partial charge in [0.25, 0.3) is 11.8 Å². The van der Waals surface area contributed by atoms with Crippen LogP contribution in [0.15, 0.2) is 42.6 Å². The van der Waals surface area contributed by atoms with Gasteiger partial charge in [0.2, 0.25) is 0 Å². The van der Waals surface area contributed by atoms with Gasteiger partial charge in [0.05, 0.1) is 16.8 Å². The molecule has 0 saturated heterocycles. The normalized spacial score (nSPS) is 14.0. The molecule has 0 spiro atoms. The van der Waals surface area contributed by atoms with Gasteiger partial charge in [-0.25, -0.2) is 0 Å². The monoisotopic (exact) mass is 349 g/mol. The maximum atomic E-state index is 12.5. The number of benzene rings is 1. The summed E-state index contributed by atoms with van der Waals surface area (Å²) in [5.41, 5.74) is -0.555. The zero-order valence-corrected chi connectivity index (χ0v) is 12.9. The smallest absolute Gasteiger partial charge is 0.349 e. The number of hydrogen-bond donors (Lipinski definition) is 2. The van der Waals surface area contributed by atoms with E-state index in [2.05, 4.69) is 15.6 Å². The van der Waals surface area contributed by atoms with Gasteiger partial charge >= 0.3 is 6.18 Å². The molecular formula is C17H14F3N3O2. The Morgan fingerprint density at radius 1 is 1.04 bits per heavy atom. The molecule has 3 rings (SSSR count). The number of pyridine rings is 1. The number of nitrogens with one attached hydrogen (secondary N) is 2. The molecule has 1 aliphatic carbocycles. The first-order chi connectivity index (χ1) is 11.8. The second-order valence-corrected chi connectivity index (χ2v) is 5.68. The van der Waals surface area contributed by atoms with Crippen LogP contribution in [0, 0.1) is 0 Å².